The third-order valence-corrected chi connectivity index (χ3v) is 3.86. The maximum absolute atomic E-state index is 12.5. The summed E-state index contributed by atoms with van der Waals surface area (Å²) < 4.78 is 0. The number of rotatable bonds is 6. The van der Waals surface area contributed by atoms with Crippen LogP contribution < -0.4 is 10.6 Å². The highest BCUT2D eigenvalue weighted by Crippen LogP contribution is 2.11. The summed E-state index contributed by atoms with van der Waals surface area (Å²) in [6.07, 6.45) is 0. The van der Waals surface area contributed by atoms with Gasteiger partial charge < -0.3 is 10.6 Å². The lowest BCUT2D eigenvalue weighted by molar-refractivity contribution is -0.124. The van der Waals surface area contributed by atoms with Crippen LogP contribution in [0.1, 0.15) is 29.8 Å². The van der Waals surface area contributed by atoms with Crippen molar-refractivity contribution in [2.24, 2.45) is 5.92 Å². The molecule has 2 rings (SSSR count). The molecule has 0 saturated carbocycles. The van der Waals surface area contributed by atoms with E-state index in [2.05, 4.69) is 10.6 Å². The van der Waals surface area contributed by atoms with Crippen molar-refractivity contribution in [3.8, 4) is 0 Å². The zero-order valence-corrected chi connectivity index (χ0v) is 14.5. The molecule has 0 saturated heterocycles. The summed E-state index contributed by atoms with van der Waals surface area (Å²) in [4.78, 5) is 24.7. The largest absolute Gasteiger partial charge is 0.350 e. The number of halogens is 1. The van der Waals surface area contributed by atoms with E-state index in [-0.39, 0.29) is 17.7 Å². The van der Waals surface area contributed by atoms with Gasteiger partial charge in [-0.15, -0.1) is 0 Å². The van der Waals surface area contributed by atoms with Gasteiger partial charge in [0, 0.05) is 17.1 Å². The topological polar surface area (TPSA) is 58.2 Å². The minimum absolute atomic E-state index is 0.0305. The second-order valence-corrected chi connectivity index (χ2v) is 6.35. The molecule has 4 nitrogen and oxygen atoms in total. The molecule has 2 aromatic rings. The van der Waals surface area contributed by atoms with Gasteiger partial charge in [0.1, 0.15) is 6.04 Å². The molecule has 0 bridgehead atoms. The number of nitrogens with one attached hydrogen (secondary N) is 2. The SMILES string of the molecule is CC(C)[C@H](NC(=O)c1ccccc1)C(=O)NCc1cccc(Cl)c1. The first-order valence-corrected chi connectivity index (χ1v) is 8.23. The second kappa shape index (κ2) is 8.50. The number of hydrogen-bond donors (Lipinski definition) is 2. The van der Waals surface area contributed by atoms with Crippen LogP contribution in [0.5, 0.6) is 0 Å². The highest BCUT2D eigenvalue weighted by Gasteiger charge is 2.24. The molecule has 0 spiro atoms. The predicted molar refractivity (Wildman–Crippen MR) is 95.8 cm³/mol. The Bertz CT molecular complexity index is 702. The van der Waals surface area contributed by atoms with E-state index >= 15 is 0 Å². The van der Waals surface area contributed by atoms with Crippen LogP contribution >= 0.6 is 11.6 Å². The Morgan fingerprint density at radius 2 is 1.75 bits per heavy atom. The lowest BCUT2D eigenvalue weighted by Crippen LogP contribution is -2.49. The average Bonchev–Trinajstić information content (AvgIpc) is 2.58. The highest BCUT2D eigenvalue weighted by atomic mass is 35.5. The number of hydrogen-bond acceptors (Lipinski definition) is 2. The molecule has 2 N–H and O–H groups in total. The van der Waals surface area contributed by atoms with Crippen molar-refractivity contribution in [2.75, 3.05) is 0 Å². The van der Waals surface area contributed by atoms with Crippen LogP contribution in [0.4, 0.5) is 0 Å². The van der Waals surface area contributed by atoms with Gasteiger partial charge in [0.25, 0.3) is 5.91 Å². The molecular formula is C19H21ClN2O2. The predicted octanol–water partition coefficient (Wildman–Crippen LogP) is 3.41. The van der Waals surface area contributed by atoms with Crippen LogP contribution in [0, 0.1) is 5.92 Å². The monoisotopic (exact) mass is 344 g/mol. The van der Waals surface area contributed by atoms with Crippen LogP contribution in [0.15, 0.2) is 54.6 Å². The molecule has 24 heavy (non-hydrogen) atoms. The minimum atomic E-state index is -0.600. The Labute approximate surface area is 147 Å². The van der Waals surface area contributed by atoms with E-state index in [0.717, 1.165) is 5.56 Å². The first kappa shape index (κ1) is 18.0. The molecule has 0 fully saturated rings. The molecule has 0 aliphatic heterocycles. The second-order valence-electron chi connectivity index (χ2n) is 5.91. The summed E-state index contributed by atoms with van der Waals surface area (Å²) in [6.45, 7) is 4.16. The van der Waals surface area contributed by atoms with Gasteiger partial charge in [0.05, 0.1) is 0 Å². The number of carbonyl (C=O) groups is 2. The van der Waals surface area contributed by atoms with Crippen LogP contribution in [-0.2, 0) is 11.3 Å². The zero-order chi connectivity index (χ0) is 17.5. The van der Waals surface area contributed by atoms with Gasteiger partial charge in [-0.05, 0) is 35.7 Å². The Kier molecular flexibility index (Phi) is 6.38. The summed E-state index contributed by atoms with van der Waals surface area (Å²) in [5, 5.41) is 6.28. The Morgan fingerprint density at radius 1 is 1.04 bits per heavy atom. The normalized spacial score (nSPS) is 11.8. The minimum Gasteiger partial charge on any atom is -0.350 e. The average molecular weight is 345 g/mol. The zero-order valence-electron chi connectivity index (χ0n) is 13.8. The lowest BCUT2D eigenvalue weighted by Gasteiger charge is -2.22. The third-order valence-electron chi connectivity index (χ3n) is 3.63. The molecule has 0 aliphatic rings. The van der Waals surface area contributed by atoms with Crippen LogP contribution in [0.3, 0.4) is 0 Å². The molecule has 2 aromatic carbocycles. The highest BCUT2D eigenvalue weighted by molar-refractivity contribution is 6.30. The van der Waals surface area contributed by atoms with Gasteiger partial charge in [0.2, 0.25) is 5.91 Å². The summed E-state index contributed by atoms with van der Waals surface area (Å²) in [5.41, 5.74) is 1.44. The summed E-state index contributed by atoms with van der Waals surface area (Å²) >= 11 is 5.94. The Hall–Kier alpha value is -2.33. The number of amides is 2. The van der Waals surface area contributed by atoms with Crippen molar-refractivity contribution in [1.82, 2.24) is 10.6 Å². The van der Waals surface area contributed by atoms with E-state index in [1.807, 2.05) is 32.0 Å². The van der Waals surface area contributed by atoms with Gasteiger partial charge in [-0.2, -0.15) is 0 Å². The number of carbonyl (C=O) groups excluding carboxylic acids is 2. The van der Waals surface area contributed by atoms with Gasteiger partial charge >= 0.3 is 0 Å². The first-order valence-electron chi connectivity index (χ1n) is 7.85. The molecular weight excluding hydrogens is 324 g/mol. The first-order chi connectivity index (χ1) is 11.5. The van der Waals surface area contributed by atoms with E-state index in [1.54, 1.807) is 36.4 Å². The molecule has 0 heterocycles. The maximum Gasteiger partial charge on any atom is 0.251 e. The standard InChI is InChI=1S/C19H21ClN2O2/c1-13(2)17(22-18(23)15-8-4-3-5-9-15)19(24)21-12-14-7-6-10-16(20)11-14/h3-11,13,17H,12H2,1-2H3,(H,21,24)(H,22,23)/t17-/m0/s1. The third kappa shape index (κ3) is 5.10. The van der Waals surface area contributed by atoms with Gasteiger partial charge in [-0.1, -0.05) is 55.8 Å². The van der Waals surface area contributed by atoms with Crippen molar-refractivity contribution in [3.05, 3.63) is 70.7 Å². The van der Waals surface area contributed by atoms with Crippen molar-refractivity contribution in [3.63, 3.8) is 0 Å². The molecule has 1 atom stereocenters. The van der Waals surface area contributed by atoms with Crippen LogP contribution in [-0.4, -0.2) is 17.9 Å². The Balaban J connectivity index is 1.99. The summed E-state index contributed by atoms with van der Waals surface area (Å²) in [6, 6.07) is 15.6. The fourth-order valence-corrected chi connectivity index (χ4v) is 2.51. The van der Waals surface area contributed by atoms with E-state index in [9.17, 15) is 9.59 Å². The molecule has 0 aliphatic carbocycles. The summed E-state index contributed by atoms with van der Waals surface area (Å²) in [5.74, 6) is -0.501. The van der Waals surface area contributed by atoms with Gasteiger partial charge in [-0.3, -0.25) is 9.59 Å². The smallest absolute Gasteiger partial charge is 0.251 e. The maximum atomic E-state index is 12.5. The van der Waals surface area contributed by atoms with E-state index < -0.39 is 6.04 Å². The van der Waals surface area contributed by atoms with Crippen LogP contribution in [0.25, 0.3) is 0 Å². The van der Waals surface area contributed by atoms with E-state index in [1.165, 1.54) is 0 Å². The molecule has 0 aromatic heterocycles. The lowest BCUT2D eigenvalue weighted by atomic mass is 10.0. The summed E-state index contributed by atoms with van der Waals surface area (Å²) in [7, 11) is 0. The molecule has 5 heteroatoms. The Morgan fingerprint density at radius 3 is 2.38 bits per heavy atom. The van der Waals surface area contributed by atoms with Crippen molar-refractivity contribution >= 4 is 23.4 Å². The number of benzene rings is 2. The molecule has 2 amide bonds. The van der Waals surface area contributed by atoms with E-state index in [4.69, 9.17) is 11.6 Å². The molecule has 126 valence electrons. The van der Waals surface area contributed by atoms with Crippen molar-refractivity contribution in [2.45, 2.75) is 26.4 Å². The fraction of sp³-hybridized carbons (Fsp3) is 0.263. The fourth-order valence-electron chi connectivity index (χ4n) is 2.30. The van der Waals surface area contributed by atoms with E-state index in [0.29, 0.717) is 17.1 Å². The van der Waals surface area contributed by atoms with Gasteiger partial charge in [0.15, 0.2) is 0 Å². The quantitative estimate of drug-likeness (QED) is 0.843. The molecule has 0 unspecified atom stereocenters. The van der Waals surface area contributed by atoms with Crippen molar-refractivity contribution in [1.29, 1.82) is 0 Å². The molecule has 0 radical (unpaired) electrons. The van der Waals surface area contributed by atoms with Crippen molar-refractivity contribution < 1.29 is 9.59 Å². The van der Waals surface area contributed by atoms with Crippen LogP contribution in [0.2, 0.25) is 5.02 Å². The van der Waals surface area contributed by atoms with Gasteiger partial charge in [-0.25, -0.2) is 0 Å².